The van der Waals surface area contributed by atoms with Crippen LogP contribution in [0.25, 0.3) is 0 Å². The molecule has 3 heteroatoms. The van der Waals surface area contributed by atoms with Crippen molar-refractivity contribution in [3.8, 4) is 0 Å². The second-order valence-corrected chi connectivity index (χ2v) is 3.30. The maximum Gasteiger partial charge on any atom is 0.103 e. The normalized spacial score (nSPS) is 9.69. The largest absolute Gasteiger partial charge is 0.346 e. The standard InChI is InChI=1S/C10H18N2.HI/c1-3-4-5-6-7-10-8-11-9(2)12-10;/h8H,3-7H2,1-2H3,(H,11,12);1H. The number of halogens is 1. The fourth-order valence-corrected chi connectivity index (χ4v) is 1.34. The number of hydrogen-bond donors (Lipinski definition) is 1. The number of unbranched alkanes of at least 4 members (excludes halogenated alkanes) is 3. The quantitative estimate of drug-likeness (QED) is 0.654. The summed E-state index contributed by atoms with van der Waals surface area (Å²) < 4.78 is 0. The maximum atomic E-state index is 4.16. The summed E-state index contributed by atoms with van der Waals surface area (Å²) in [6.07, 6.45) is 8.39. The van der Waals surface area contributed by atoms with Gasteiger partial charge in [0.15, 0.2) is 0 Å². The van der Waals surface area contributed by atoms with Crippen molar-refractivity contribution in [2.75, 3.05) is 0 Å². The predicted molar refractivity (Wildman–Crippen MR) is 66.6 cm³/mol. The number of H-pyrrole nitrogens is 1. The van der Waals surface area contributed by atoms with E-state index < -0.39 is 0 Å². The lowest BCUT2D eigenvalue weighted by atomic mass is 10.1. The van der Waals surface area contributed by atoms with E-state index in [4.69, 9.17) is 0 Å². The molecule has 0 bridgehead atoms. The molecule has 2 nitrogen and oxygen atoms in total. The molecule has 0 amide bonds. The molecule has 0 radical (unpaired) electrons. The summed E-state index contributed by atoms with van der Waals surface area (Å²) in [4.78, 5) is 7.40. The van der Waals surface area contributed by atoms with E-state index in [0.717, 1.165) is 12.2 Å². The van der Waals surface area contributed by atoms with Crippen molar-refractivity contribution in [2.24, 2.45) is 0 Å². The van der Waals surface area contributed by atoms with E-state index in [1.54, 1.807) is 0 Å². The smallest absolute Gasteiger partial charge is 0.103 e. The molecule has 0 saturated carbocycles. The molecular weight excluding hydrogens is 275 g/mol. The minimum atomic E-state index is 0. The molecule has 1 aromatic rings. The molecule has 76 valence electrons. The molecule has 1 aromatic heterocycles. The zero-order valence-corrected chi connectivity index (χ0v) is 10.8. The van der Waals surface area contributed by atoms with Crippen LogP contribution in [0.4, 0.5) is 0 Å². The zero-order chi connectivity index (χ0) is 8.81. The third-order valence-electron chi connectivity index (χ3n) is 2.06. The van der Waals surface area contributed by atoms with Crippen molar-refractivity contribution in [1.82, 2.24) is 9.97 Å². The number of nitrogens with zero attached hydrogens (tertiary/aromatic N) is 1. The van der Waals surface area contributed by atoms with E-state index in [1.165, 1.54) is 31.4 Å². The Kier molecular flexibility index (Phi) is 7.32. The van der Waals surface area contributed by atoms with Gasteiger partial charge in [-0.05, 0) is 19.8 Å². The maximum absolute atomic E-state index is 4.16. The van der Waals surface area contributed by atoms with Crippen molar-refractivity contribution in [3.63, 3.8) is 0 Å². The Morgan fingerprint density at radius 3 is 2.62 bits per heavy atom. The minimum Gasteiger partial charge on any atom is -0.346 e. The molecule has 0 saturated heterocycles. The third-order valence-corrected chi connectivity index (χ3v) is 2.06. The van der Waals surface area contributed by atoms with Gasteiger partial charge in [0, 0.05) is 11.9 Å². The van der Waals surface area contributed by atoms with Crippen LogP contribution >= 0.6 is 24.0 Å². The van der Waals surface area contributed by atoms with Gasteiger partial charge in [-0.15, -0.1) is 24.0 Å². The molecular formula is C10H19IN2. The van der Waals surface area contributed by atoms with Gasteiger partial charge in [0.25, 0.3) is 0 Å². The predicted octanol–water partition coefficient (Wildman–Crippen LogP) is 3.46. The lowest BCUT2D eigenvalue weighted by molar-refractivity contribution is 0.661. The molecule has 0 aliphatic heterocycles. The van der Waals surface area contributed by atoms with Crippen LogP contribution in [0.3, 0.4) is 0 Å². The number of hydrogen-bond acceptors (Lipinski definition) is 1. The van der Waals surface area contributed by atoms with Crippen LogP contribution < -0.4 is 0 Å². The highest BCUT2D eigenvalue weighted by atomic mass is 127. The monoisotopic (exact) mass is 294 g/mol. The third kappa shape index (κ3) is 5.29. The number of aromatic nitrogens is 2. The van der Waals surface area contributed by atoms with Crippen LogP contribution in [0.5, 0.6) is 0 Å². The van der Waals surface area contributed by atoms with Crippen LogP contribution in [-0.2, 0) is 6.42 Å². The molecule has 0 fully saturated rings. The summed E-state index contributed by atoms with van der Waals surface area (Å²) in [6, 6.07) is 0. The number of nitrogens with one attached hydrogen (secondary N) is 1. The molecule has 1 rings (SSSR count). The van der Waals surface area contributed by atoms with E-state index in [1.807, 2.05) is 13.1 Å². The van der Waals surface area contributed by atoms with Gasteiger partial charge in [0.1, 0.15) is 5.82 Å². The molecule has 1 heterocycles. The van der Waals surface area contributed by atoms with E-state index in [0.29, 0.717) is 0 Å². The van der Waals surface area contributed by atoms with Gasteiger partial charge >= 0.3 is 0 Å². The first kappa shape index (κ1) is 12.9. The second kappa shape index (κ2) is 7.35. The Labute approximate surface area is 97.6 Å². The van der Waals surface area contributed by atoms with Crippen LogP contribution in [0, 0.1) is 6.92 Å². The van der Waals surface area contributed by atoms with E-state index in [2.05, 4.69) is 16.9 Å². The van der Waals surface area contributed by atoms with Crippen molar-refractivity contribution < 1.29 is 0 Å². The van der Waals surface area contributed by atoms with Crippen molar-refractivity contribution in [2.45, 2.75) is 46.0 Å². The van der Waals surface area contributed by atoms with Gasteiger partial charge in [-0.1, -0.05) is 26.2 Å². The summed E-state index contributed by atoms with van der Waals surface area (Å²) >= 11 is 0. The second-order valence-electron chi connectivity index (χ2n) is 3.30. The molecule has 0 aliphatic rings. The average molecular weight is 294 g/mol. The number of aryl methyl sites for hydroxylation is 2. The molecule has 0 atom stereocenters. The number of imidazole rings is 1. The number of rotatable bonds is 5. The highest BCUT2D eigenvalue weighted by Crippen LogP contribution is 2.05. The van der Waals surface area contributed by atoms with Gasteiger partial charge in [0.2, 0.25) is 0 Å². The fourth-order valence-electron chi connectivity index (χ4n) is 1.34. The van der Waals surface area contributed by atoms with Crippen LogP contribution in [0.15, 0.2) is 6.20 Å². The summed E-state index contributed by atoms with van der Waals surface area (Å²) in [7, 11) is 0. The molecule has 0 unspecified atom stereocenters. The van der Waals surface area contributed by atoms with E-state index in [9.17, 15) is 0 Å². The molecule has 0 aromatic carbocycles. The summed E-state index contributed by atoms with van der Waals surface area (Å²) in [5.74, 6) is 1.03. The van der Waals surface area contributed by atoms with E-state index >= 15 is 0 Å². The summed E-state index contributed by atoms with van der Waals surface area (Å²) in [5, 5.41) is 0. The molecule has 0 aliphatic carbocycles. The Hall–Kier alpha value is -0.0600. The van der Waals surface area contributed by atoms with Crippen LogP contribution in [0.2, 0.25) is 0 Å². The first-order chi connectivity index (χ1) is 5.83. The Balaban J connectivity index is 0.00000144. The Morgan fingerprint density at radius 2 is 2.08 bits per heavy atom. The van der Waals surface area contributed by atoms with Gasteiger partial charge < -0.3 is 4.98 Å². The summed E-state index contributed by atoms with van der Waals surface area (Å²) in [5.41, 5.74) is 1.28. The SMILES string of the molecule is CCCCCCc1cnc(C)[nH]1.I. The topological polar surface area (TPSA) is 28.7 Å². The van der Waals surface area contributed by atoms with Gasteiger partial charge in [0.05, 0.1) is 0 Å². The lowest BCUT2D eigenvalue weighted by Crippen LogP contribution is -1.85. The van der Waals surface area contributed by atoms with Crippen molar-refractivity contribution in [3.05, 3.63) is 17.7 Å². The minimum absolute atomic E-state index is 0. The van der Waals surface area contributed by atoms with E-state index in [-0.39, 0.29) is 24.0 Å². The molecule has 1 N–H and O–H groups in total. The molecule has 13 heavy (non-hydrogen) atoms. The van der Waals surface area contributed by atoms with Crippen molar-refractivity contribution >= 4 is 24.0 Å². The first-order valence-corrected chi connectivity index (χ1v) is 4.83. The highest BCUT2D eigenvalue weighted by molar-refractivity contribution is 14.0. The average Bonchev–Trinajstić information content (AvgIpc) is 2.45. The first-order valence-electron chi connectivity index (χ1n) is 4.83. The van der Waals surface area contributed by atoms with Gasteiger partial charge in [-0.3, -0.25) is 0 Å². The molecule has 0 spiro atoms. The van der Waals surface area contributed by atoms with Gasteiger partial charge in [-0.2, -0.15) is 0 Å². The Morgan fingerprint density at radius 1 is 1.31 bits per heavy atom. The lowest BCUT2D eigenvalue weighted by Gasteiger charge is -1.96. The van der Waals surface area contributed by atoms with Crippen LogP contribution in [-0.4, -0.2) is 9.97 Å². The fraction of sp³-hybridized carbons (Fsp3) is 0.700. The van der Waals surface area contributed by atoms with Crippen molar-refractivity contribution in [1.29, 1.82) is 0 Å². The van der Waals surface area contributed by atoms with Crippen LogP contribution in [0.1, 0.15) is 44.1 Å². The zero-order valence-electron chi connectivity index (χ0n) is 8.47. The Bertz CT molecular complexity index is 220. The summed E-state index contributed by atoms with van der Waals surface area (Å²) in [6.45, 7) is 4.23. The van der Waals surface area contributed by atoms with Gasteiger partial charge in [-0.25, -0.2) is 4.98 Å². The highest BCUT2D eigenvalue weighted by Gasteiger charge is 1.95. The number of aromatic amines is 1.